The molecule has 104 valence electrons. The number of halogens is 1. The van der Waals surface area contributed by atoms with Crippen molar-refractivity contribution >= 4 is 28.9 Å². The number of nitrogens with two attached hydrogens (primary N) is 1. The molecule has 0 aliphatic heterocycles. The molecule has 0 bridgehead atoms. The Morgan fingerprint density at radius 1 is 1.35 bits per heavy atom. The van der Waals surface area contributed by atoms with Crippen LogP contribution in [0.3, 0.4) is 0 Å². The molecule has 20 heavy (non-hydrogen) atoms. The van der Waals surface area contributed by atoms with Crippen molar-refractivity contribution in [3.05, 3.63) is 47.0 Å². The number of ether oxygens (including phenoxy) is 1. The standard InChI is InChI=1S/C14H13ClN2O3/c1-20-12-6-5-8(15)7-11(12)17-14(19)9-3-2-4-10(16)13(9)18/h2-7,18H,16H2,1H3,(H,17,19). The van der Waals surface area contributed by atoms with Gasteiger partial charge < -0.3 is 20.9 Å². The third-order valence-electron chi connectivity index (χ3n) is 2.72. The summed E-state index contributed by atoms with van der Waals surface area (Å²) in [7, 11) is 1.48. The summed E-state index contributed by atoms with van der Waals surface area (Å²) in [6.07, 6.45) is 0. The molecular formula is C14H13ClN2O3. The number of carbonyl (C=O) groups excluding carboxylic acids is 1. The van der Waals surface area contributed by atoms with Gasteiger partial charge in [-0.2, -0.15) is 0 Å². The molecule has 0 saturated carbocycles. The van der Waals surface area contributed by atoms with Crippen molar-refractivity contribution in [3.8, 4) is 11.5 Å². The van der Waals surface area contributed by atoms with Gasteiger partial charge in [-0.15, -0.1) is 0 Å². The summed E-state index contributed by atoms with van der Waals surface area (Å²) in [4.78, 5) is 12.1. The highest BCUT2D eigenvalue weighted by Crippen LogP contribution is 2.30. The fourth-order valence-electron chi connectivity index (χ4n) is 1.71. The second kappa shape index (κ2) is 5.71. The molecule has 2 aromatic rings. The van der Waals surface area contributed by atoms with E-state index in [0.717, 1.165) is 0 Å². The number of nitrogens with one attached hydrogen (secondary N) is 1. The van der Waals surface area contributed by atoms with Crippen LogP contribution in [0.5, 0.6) is 11.5 Å². The Morgan fingerprint density at radius 3 is 2.80 bits per heavy atom. The molecule has 0 aromatic heterocycles. The third-order valence-corrected chi connectivity index (χ3v) is 2.96. The summed E-state index contributed by atoms with van der Waals surface area (Å²) >= 11 is 5.88. The number of nitrogen functional groups attached to an aromatic ring is 1. The molecule has 5 nitrogen and oxygen atoms in total. The molecule has 0 heterocycles. The van der Waals surface area contributed by atoms with Crippen molar-refractivity contribution < 1.29 is 14.6 Å². The molecule has 0 spiro atoms. The lowest BCUT2D eigenvalue weighted by atomic mass is 10.1. The number of anilines is 2. The highest BCUT2D eigenvalue weighted by atomic mass is 35.5. The molecule has 0 unspecified atom stereocenters. The Hall–Kier alpha value is -2.40. The van der Waals surface area contributed by atoms with Gasteiger partial charge in [0.25, 0.3) is 5.91 Å². The molecule has 0 radical (unpaired) electrons. The van der Waals surface area contributed by atoms with Crippen molar-refractivity contribution in [2.45, 2.75) is 0 Å². The first-order chi connectivity index (χ1) is 9.52. The highest BCUT2D eigenvalue weighted by molar-refractivity contribution is 6.31. The van der Waals surface area contributed by atoms with E-state index in [1.165, 1.54) is 19.2 Å². The Kier molecular flexibility index (Phi) is 4.00. The van der Waals surface area contributed by atoms with Gasteiger partial charge in [0, 0.05) is 5.02 Å². The van der Waals surface area contributed by atoms with Gasteiger partial charge >= 0.3 is 0 Å². The van der Waals surface area contributed by atoms with Gasteiger partial charge in [0.2, 0.25) is 0 Å². The molecule has 2 rings (SSSR count). The summed E-state index contributed by atoms with van der Waals surface area (Å²) in [5.41, 5.74) is 6.18. The number of para-hydroxylation sites is 1. The first-order valence-electron chi connectivity index (χ1n) is 5.75. The number of hydrogen-bond donors (Lipinski definition) is 3. The fraction of sp³-hybridized carbons (Fsp3) is 0.0714. The lowest BCUT2D eigenvalue weighted by Crippen LogP contribution is -2.13. The van der Waals surface area contributed by atoms with Crippen LogP contribution in [0.2, 0.25) is 5.02 Å². The van der Waals surface area contributed by atoms with Gasteiger partial charge in [-0.3, -0.25) is 4.79 Å². The zero-order valence-electron chi connectivity index (χ0n) is 10.7. The second-order valence-corrected chi connectivity index (χ2v) is 4.48. The van der Waals surface area contributed by atoms with Crippen molar-refractivity contribution in [1.82, 2.24) is 0 Å². The minimum absolute atomic E-state index is 0.0760. The third kappa shape index (κ3) is 2.78. The van der Waals surface area contributed by atoms with E-state index in [-0.39, 0.29) is 17.0 Å². The fourth-order valence-corrected chi connectivity index (χ4v) is 1.88. The van der Waals surface area contributed by atoms with Gasteiger partial charge in [-0.05, 0) is 30.3 Å². The summed E-state index contributed by atoms with van der Waals surface area (Å²) < 4.78 is 5.13. The Bertz CT molecular complexity index is 659. The van der Waals surface area contributed by atoms with E-state index in [9.17, 15) is 9.90 Å². The summed E-state index contributed by atoms with van der Waals surface area (Å²) in [5, 5.41) is 12.9. The summed E-state index contributed by atoms with van der Waals surface area (Å²) in [5.74, 6) is -0.299. The van der Waals surface area contributed by atoms with Gasteiger partial charge in [0.05, 0.1) is 24.0 Å². The lowest BCUT2D eigenvalue weighted by molar-refractivity contribution is 0.102. The van der Waals surface area contributed by atoms with Crippen LogP contribution in [0, 0.1) is 0 Å². The maximum Gasteiger partial charge on any atom is 0.259 e. The van der Waals surface area contributed by atoms with E-state index in [2.05, 4.69) is 5.32 Å². The normalized spacial score (nSPS) is 10.1. The van der Waals surface area contributed by atoms with E-state index in [1.807, 2.05) is 0 Å². The van der Waals surface area contributed by atoms with Crippen LogP contribution in [0.4, 0.5) is 11.4 Å². The van der Waals surface area contributed by atoms with Crippen LogP contribution in [-0.2, 0) is 0 Å². The first kappa shape index (κ1) is 14.0. The molecule has 0 aliphatic carbocycles. The topological polar surface area (TPSA) is 84.6 Å². The average Bonchev–Trinajstić information content (AvgIpc) is 2.42. The molecule has 0 atom stereocenters. The average molecular weight is 293 g/mol. The number of phenolic OH excluding ortho intramolecular Hbond substituents is 1. The Morgan fingerprint density at radius 2 is 2.10 bits per heavy atom. The van der Waals surface area contributed by atoms with E-state index >= 15 is 0 Å². The van der Waals surface area contributed by atoms with Gasteiger partial charge in [-0.25, -0.2) is 0 Å². The van der Waals surface area contributed by atoms with Crippen LogP contribution in [0.25, 0.3) is 0 Å². The first-order valence-corrected chi connectivity index (χ1v) is 6.13. The van der Waals surface area contributed by atoms with Crippen molar-refractivity contribution in [2.24, 2.45) is 0 Å². The minimum atomic E-state index is -0.504. The monoisotopic (exact) mass is 292 g/mol. The molecule has 0 fully saturated rings. The quantitative estimate of drug-likeness (QED) is 0.600. The van der Waals surface area contributed by atoms with Crippen molar-refractivity contribution in [2.75, 3.05) is 18.2 Å². The minimum Gasteiger partial charge on any atom is -0.505 e. The number of phenols is 1. The number of benzene rings is 2. The van der Waals surface area contributed by atoms with Crippen molar-refractivity contribution in [1.29, 1.82) is 0 Å². The Balaban J connectivity index is 2.32. The Labute approximate surface area is 120 Å². The largest absolute Gasteiger partial charge is 0.505 e. The molecule has 1 amide bonds. The molecule has 4 N–H and O–H groups in total. The summed E-state index contributed by atoms with van der Waals surface area (Å²) in [6, 6.07) is 9.40. The predicted molar refractivity (Wildman–Crippen MR) is 78.5 cm³/mol. The lowest BCUT2D eigenvalue weighted by Gasteiger charge is -2.11. The van der Waals surface area contributed by atoms with Gasteiger partial charge in [-0.1, -0.05) is 17.7 Å². The van der Waals surface area contributed by atoms with Crippen LogP contribution in [0.1, 0.15) is 10.4 Å². The number of aromatic hydroxyl groups is 1. The number of methoxy groups -OCH3 is 1. The van der Waals surface area contributed by atoms with Crippen molar-refractivity contribution in [3.63, 3.8) is 0 Å². The van der Waals surface area contributed by atoms with E-state index in [1.54, 1.807) is 24.3 Å². The predicted octanol–water partition coefficient (Wildman–Crippen LogP) is 2.89. The van der Waals surface area contributed by atoms with Crippen LogP contribution < -0.4 is 15.8 Å². The second-order valence-electron chi connectivity index (χ2n) is 4.04. The van der Waals surface area contributed by atoms with Crippen LogP contribution in [0.15, 0.2) is 36.4 Å². The van der Waals surface area contributed by atoms with Gasteiger partial charge in [0.15, 0.2) is 5.75 Å². The molecule has 6 heteroatoms. The molecular weight excluding hydrogens is 280 g/mol. The summed E-state index contributed by atoms with van der Waals surface area (Å²) in [6.45, 7) is 0. The zero-order valence-corrected chi connectivity index (χ0v) is 11.4. The van der Waals surface area contributed by atoms with Crippen LogP contribution >= 0.6 is 11.6 Å². The van der Waals surface area contributed by atoms with Crippen LogP contribution in [-0.4, -0.2) is 18.1 Å². The SMILES string of the molecule is COc1ccc(Cl)cc1NC(=O)c1cccc(N)c1O. The number of rotatable bonds is 3. The highest BCUT2D eigenvalue weighted by Gasteiger charge is 2.15. The molecule has 2 aromatic carbocycles. The van der Waals surface area contributed by atoms with E-state index in [0.29, 0.717) is 16.5 Å². The molecule has 0 saturated heterocycles. The number of carbonyl (C=O) groups is 1. The maximum absolute atomic E-state index is 12.1. The van der Waals surface area contributed by atoms with Gasteiger partial charge in [0.1, 0.15) is 5.75 Å². The zero-order chi connectivity index (χ0) is 14.7. The van der Waals surface area contributed by atoms with E-state index < -0.39 is 5.91 Å². The number of hydrogen-bond acceptors (Lipinski definition) is 4. The molecule has 0 aliphatic rings. The smallest absolute Gasteiger partial charge is 0.259 e. The maximum atomic E-state index is 12.1. The number of amides is 1. The van der Waals surface area contributed by atoms with E-state index in [4.69, 9.17) is 22.1 Å².